The van der Waals surface area contributed by atoms with Crippen molar-refractivity contribution >= 4 is 5.91 Å². The first-order chi connectivity index (χ1) is 7.90. The van der Waals surface area contributed by atoms with Crippen molar-refractivity contribution in [1.82, 2.24) is 8.10 Å². The molecule has 17 heavy (non-hydrogen) atoms. The second-order valence-corrected chi connectivity index (χ2v) is 6.65. The molecule has 0 radical (unpaired) electrons. The number of hydrogen-bond donors (Lipinski definition) is 0. The second-order valence-electron chi connectivity index (χ2n) is 4.65. The number of hydrogen-bond acceptors (Lipinski definition) is 2. The van der Waals surface area contributed by atoms with Gasteiger partial charge in [0.1, 0.15) is 0 Å². The Labute approximate surface area is 114 Å². The van der Waals surface area contributed by atoms with Crippen LogP contribution in [0.1, 0.15) is 36.8 Å². The number of pyridine rings is 1. The number of nitrogens with zero attached hydrogens (tertiary/aromatic N) is 2. The van der Waals surface area contributed by atoms with Gasteiger partial charge in [-0.25, -0.2) is 0 Å². The van der Waals surface area contributed by atoms with E-state index in [9.17, 15) is 4.79 Å². The quantitative estimate of drug-likeness (QED) is 0.424. The minimum atomic E-state index is -0.330. The summed E-state index contributed by atoms with van der Waals surface area (Å²) in [5.41, 5.74) is 1.68. The molecule has 0 saturated carbocycles. The van der Waals surface area contributed by atoms with Crippen LogP contribution in [0.25, 0.3) is 0 Å². The summed E-state index contributed by atoms with van der Waals surface area (Å²) >= 11 is -0.330. The van der Waals surface area contributed by atoms with Gasteiger partial charge in [0.05, 0.1) is 0 Å². The van der Waals surface area contributed by atoms with E-state index in [0.29, 0.717) is 5.69 Å². The second kappa shape index (κ2) is 5.62. The van der Waals surface area contributed by atoms with E-state index in [4.69, 9.17) is 0 Å². The van der Waals surface area contributed by atoms with Gasteiger partial charge in [0, 0.05) is 0 Å². The molecule has 0 saturated heterocycles. The van der Waals surface area contributed by atoms with Gasteiger partial charge in [-0.2, -0.15) is 0 Å². The summed E-state index contributed by atoms with van der Waals surface area (Å²) in [6.45, 7) is 10.0. The third kappa shape index (κ3) is 3.52. The normalized spacial score (nSPS) is 11.3. The zero-order valence-electron chi connectivity index (χ0n) is 10.7. The van der Waals surface area contributed by atoms with Gasteiger partial charge >= 0.3 is 114 Å². The molecule has 1 amide bonds. The van der Waals surface area contributed by atoms with E-state index >= 15 is 0 Å². The van der Waals surface area contributed by atoms with E-state index in [-0.39, 0.29) is 32.8 Å². The molecule has 0 aliphatic heterocycles. The van der Waals surface area contributed by atoms with Crippen molar-refractivity contribution in [3.05, 3.63) is 42.4 Å². The third-order valence-corrected chi connectivity index (χ3v) is 4.26. The predicted octanol–water partition coefficient (Wildman–Crippen LogP) is -0.401. The molecule has 1 aromatic rings. The summed E-state index contributed by atoms with van der Waals surface area (Å²) in [6.07, 6.45) is 3.36. The number of aromatic nitrogens is 1. The summed E-state index contributed by atoms with van der Waals surface area (Å²) in [4.78, 5) is 18.2. The molecule has 94 valence electrons. The monoisotopic (exact) mass is 345 g/mol. The van der Waals surface area contributed by atoms with Crippen LogP contribution in [-0.4, -0.2) is 18.9 Å². The van der Waals surface area contributed by atoms with E-state index in [2.05, 4.69) is 32.3 Å². The van der Waals surface area contributed by atoms with Crippen LogP contribution in [0.2, 0.25) is 0 Å². The Hall–Kier alpha value is -0.910. The van der Waals surface area contributed by atoms with Crippen LogP contribution < -0.4 is 21.5 Å². The van der Waals surface area contributed by atoms with Gasteiger partial charge < -0.3 is 0 Å². The number of alkyl halides is 1. The molecule has 1 rings (SSSR count). The Morgan fingerprint density at radius 1 is 1.47 bits per heavy atom. The molecule has 1 heterocycles. The molecule has 0 spiro atoms. The van der Waals surface area contributed by atoms with Crippen LogP contribution in [-0.2, 0) is 5.41 Å². The molecule has 0 aliphatic carbocycles. The molecular weight excluding hydrogens is 327 g/mol. The fourth-order valence-corrected chi connectivity index (χ4v) is 2.38. The molecule has 0 aliphatic rings. The van der Waals surface area contributed by atoms with Crippen molar-refractivity contribution < 1.29 is 26.3 Å². The molecule has 0 unspecified atom stereocenters. The number of carbonyl (C=O) groups is 1. The molecule has 0 N–H and O–H groups in total. The van der Waals surface area contributed by atoms with Crippen molar-refractivity contribution in [1.29, 1.82) is 0 Å². The fraction of sp³-hybridized carbons (Fsp3) is 0.385. The van der Waals surface area contributed by atoms with Gasteiger partial charge in [-0.05, 0) is 0 Å². The standard InChI is InChI=1S/C13H18IN2O/c1-6-16(14-5)12(17)11-8-7-10(9-15-11)13(2,3)4/h6-9H,1H2,2-5H3/q-1. The van der Waals surface area contributed by atoms with Gasteiger partial charge in [-0.3, -0.25) is 0 Å². The number of amides is 1. The number of carbonyl (C=O) groups excluding carboxylic acids is 1. The number of halogens is 1. The van der Waals surface area contributed by atoms with Crippen LogP contribution >= 0.6 is 0 Å². The van der Waals surface area contributed by atoms with E-state index < -0.39 is 0 Å². The molecule has 3 nitrogen and oxygen atoms in total. The summed E-state index contributed by atoms with van der Waals surface area (Å²) in [6, 6.07) is 3.76. The zero-order chi connectivity index (χ0) is 13.1. The number of rotatable bonds is 3. The van der Waals surface area contributed by atoms with Crippen molar-refractivity contribution in [2.24, 2.45) is 0 Å². The van der Waals surface area contributed by atoms with Gasteiger partial charge in [0.2, 0.25) is 0 Å². The summed E-state index contributed by atoms with van der Waals surface area (Å²) in [5.74, 6) is -0.0595. The Bertz CT molecular complexity index is 406. The van der Waals surface area contributed by atoms with Crippen LogP contribution in [0.15, 0.2) is 31.1 Å². The summed E-state index contributed by atoms with van der Waals surface area (Å²) in [7, 11) is 0. The van der Waals surface area contributed by atoms with Gasteiger partial charge in [-0.1, -0.05) is 0 Å². The molecule has 0 atom stereocenters. The van der Waals surface area contributed by atoms with Crippen molar-refractivity contribution in [3.63, 3.8) is 0 Å². The molecular formula is C13H18IN2O-. The van der Waals surface area contributed by atoms with Gasteiger partial charge in [0.15, 0.2) is 0 Å². The Balaban J connectivity index is 2.95. The third-order valence-electron chi connectivity index (χ3n) is 2.39. The van der Waals surface area contributed by atoms with Crippen molar-refractivity contribution in [2.75, 3.05) is 4.93 Å². The van der Waals surface area contributed by atoms with E-state index in [1.807, 2.05) is 11.0 Å². The van der Waals surface area contributed by atoms with Gasteiger partial charge in [0.25, 0.3) is 0 Å². The minimum absolute atomic E-state index is 0.0595. The molecule has 0 fully saturated rings. The van der Waals surface area contributed by atoms with Crippen LogP contribution in [0, 0.1) is 0 Å². The first kappa shape index (κ1) is 14.2. The molecule has 1 aromatic heterocycles. The van der Waals surface area contributed by atoms with Crippen LogP contribution in [0.3, 0.4) is 0 Å². The van der Waals surface area contributed by atoms with Crippen molar-refractivity contribution in [3.8, 4) is 0 Å². The van der Waals surface area contributed by atoms with E-state index in [1.54, 1.807) is 21.6 Å². The maximum absolute atomic E-state index is 12.0. The average molecular weight is 345 g/mol. The zero-order valence-corrected chi connectivity index (χ0v) is 12.9. The van der Waals surface area contributed by atoms with E-state index in [0.717, 1.165) is 5.56 Å². The SMILES string of the molecule is C=CN([I-]C)C(=O)c1ccc(C(C)(C)C)cn1. The topological polar surface area (TPSA) is 33.2 Å². The fourth-order valence-electron chi connectivity index (χ4n) is 1.30. The first-order valence-electron chi connectivity index (χ1n) is 5.32. The van der Waals surface area contributed by atoms with Crippen LogP contribution in [0.4, 0.5) is 0 Å². The Morgan fingerprint density at radius 2 is 2.12 bits per heavy atom. The Morgan fingerprint density at radius 3 is 2.47 bits per heavy atom. The predicted molar refractivity (Wildman–Crippen MR) is 65.2 cm³/mol. The van der Waals surface area contributed by atoms with Crippen molar-refractivity contribution in [2.45, 2.75) is 26.2 Å². The summed E-state index contributed by atoms with van der Waals surface area (Å²) < 4.78 is 1.65. The van der Waals surface area contributed by atoms with Gasteiger partial charge in [-0.15, -0.1) is 0 Å². The Kier molecular flexibility index (Phi) is 4.68. The van der Waals surface area contributed by atoms with E-state index in [1.165, 1.54) is 0 Å². The molecule has 0 bridgehead atoms. The maximum atomic E-state index is 12.0. The summed E-state index contributed by atoms with van der Waals surface area (Å²) in [5, 5.41) is 0. The first-order valence-corrected chi connectivity index (χ1v) is 8.44. The molecule has 4 heteroatoms. The average Bonchev–Trinajstić information content (AvgIpc) is 2.29. The molecule has 0 aromatic carbocycles. The van der Waals surface area contributed by atoms with Crippen LogP contribution in [0.5, 0.6) is 0 Å².